The predicted molar refractivity (Wildman–Crippen MR) is 101 cm³/mol. The molecule has 28 heavy (non-hydrogen) atoms. The SMILES string of the molecule is CCCCC(=O)Nc1ccc(C(=O)N/N=C/c2cccc(C(F)(F)F)c2)cc1. The van der Waals surface area contributed by atoms with Gasteiger partial charge < -0.3 is 5.32 Å². The summed E-state index contributed by atoms with van der Waals surface area (Å²) in [6, 6.07) is 10.8. The highest BCUT2D eigenvalue weighted by atomic mass is 19.4. The molecule has 2 rings (SSSR count). The van der Waals surface area contributed by atoms with E-state index in [0.717, 1.165) is 31.2 Å². The van der Waals surface area contributed by atoms with Gasteiger partial charge in [-0.2, -0.15) is 18.3 Å². The molecular formula is C20H20F3N3O2. The van der Waals surface area contributed by atoms with Gasteiger partial charge in [0.05, 0.1) is 11.8 Å². The maximum absolute atomic E-state index is 12.7. The molecule has 0 atom stereocenters. The van der Waals surface area contributed by atoms with Crippen molar-refractivity contribution in [2.75, 3.05) is 5.32 Å². The number of halogens is 3. The van der Waals surface area contributed by atoms with Crippen LogP contribution >= 0.6 is 0 Å². The third kappa shape index (κ3) is 6.53. The molecule has 0 heterocycles. The summed E-state index contributed by atoms with van der Waals surface area (Å²) in [6.07, 6.45) is -1.15. The van der Waals surface area contributed by atoms with Crippen LogP contribution in [0.1, 0.15) is 47.7 Å². The molecule has 2 aromatic rings. The normalized spacial score (nSPS) is 11.4. The number of hydrazone groups is 1. The summed E-state index contributed by atoms with van der Waals surface area (Å²) in [5, 5.41) is 6.42. The van der Waals surface area contributed by atoms with Crippen molar-refractivity contribution < 1.29 is 22.8 Å². The van der Waals surface area contributed by atoms with Crippen LogP contribution < -0.4 is 10.7 Å². The van der Waals surface area contributed by atoms with Crippen LogP contribution in [0, 0.1) is 0 Å². The summed E-state index contributed by atoms with van der Waals surface area (Å²) < 4.78 is 38.0. The highest BCUT2D eigenvalue weighted by Gasteiger charge is 2.30. The smallest absolute Gasteiger partial charge is 0.326 e. The monoisotopic (exact) mass is 391 g/mol. The van der Waals surface area contributed by atoms with E-state index in [4.69, 9.17) is 0 Å². The Bertz CT molecular complexity index is 847. The zero-order valence-electron chi connectivity index (χ0n) is 15.2. The number of rotatable bonds is 7. The minimum Gasteiger partial charge on any atom is -0.326 e. The number of hydrogen-bond acceptors (Lipinski definition) is 3. The van der Waals surface area contributed by atoms with Crippen molar-refractivity contribution in [2.24, 2.45) is 5.10 Å². The highest BCUT2D eigenvalue weighted by molar-refractivity contribution is 5.96. The molecule has 148 valence electrons. The second kappa shape index (κ2) is 9.68. The molecule has 0 fully saturated rings. The summed E-state index contributed by atoms with van der Waals surface area (Å²) in [5.41, 5.74) is 2.55. The maximum Gasteiger partial charge on any atom is 0.416 e. The van der Waals surface area contributed by atoms with Gasteiger partial charge >= 0.3 is 6.18 Å². The standard InChI is InChI=1S/C20H20F3N3O2/c1-2-3-7-18(27)25-17-10-8-15(9-11-17)19(28)26-24-13-14-5-4-6-16(12-14)20(21,22)23/h4-6,8-13H,2-3,7H2,1H3,(H,25,27)(H,26,28)/b24-13+. The lowest BCUT2D eigenvalue weighted by atomic mass is 10.1. The Labute approximate surface area is 160 Å². The number of anilines is 1. The van der Waals surface area contributed by atoms with Gasteiger partial charge in [0.25, 0.3) is 5.91 Å². The van der Waals surface area contributed by atoms with E-state index in [1.165, 1.54) is 24.3 Å². The summed E-state index contributed by atoms with van der Waals surface area (Å²) >= 11 is 0. The van der Waals surface area contributed by atoms with Crippen molar-refractivity contribution >= 4 is 23.7 Å². The Morgan fingerprint density at radius 3 is 2.46 bits per heavy atom. The Balaban J connectivity index is 1.92. The molecule has 5 nitrogen and oxygen atoms in total. The highest BCUT2D eigenvalue weighted by Crippen LogP contribution is 2.29. The Kier molecular flexibility index (Phi) is 7.31. The van der Waals surface area contributed by atoms with Crippen LogP contribution in [0.5, 0.6) is 0 Å². The van der Waals surface area contributed by atoms with E-state index < -0.39 is 17.6 Å². The average Bonchev–Trinajstić information content (AvgIpc) is 2.66. The van der Waals surface area contributed by atoms with Gasteiger partial charge in [-0.3, -0.25) is 9.59 Å². The lowest BCUT2D eigenvalue weighted by molar-refractivity contribution is -0.137. The molecule has 0 aliphatic heterocycles. The molecule has 2 aromatic carbocycles. The number of unbranched alkanes of at least 4 members (excludes halogenated alkanes) is 1. The van der Waals surface area contributed by atoms with E-state index in [1.807, 2.05) is 6.92 Å². The van der Waals surface area contributed by atoms with E-state index in [9.17, 15) is 22.8 Å². The number of hydrogen-bond donors (Lipinski definition) is 2. The quantitative estimate of drug-likeness (QED) is 0.535. The Morgan fingerprint density at radius 1 is 1.11 bits per heavy atom. The molecule has 0 spiro atoms. The van der Waals surface area contributed by atoms with Crippen LogP contribution in [0.4, 0.5) is 18.9 Å². The molecule has 2 N–H and O–H groups in total. The minimum absolute atomic E-state index is 0.0928. The average molecular weight is 391 g/mol. The second-order valence-corrected chi connectivity index (χ2v) is 6.05. The number of carbonyl (C=O) groups is 2. The van der Waals surface area contributed by atoms with Gasteiger partial charge in [0.15, 0.2) is 0 Å². The number of alkyl halides is 3. The Hall–Kier alpha value is -3.16. The van der Waals surface area contributed by atoms with E-state index in [-0.39, 0.29) is 11.5 Å². The maximum atomic E-state index is 12.7. The van der Waals surface area contributed by atoms with Crippen LogP contribution in [0.3, 0.4) is 0 Å². The molecule has 0 aliphatic carbocycles. The van der Waals surface area contributed by atoms with E-state index in [2.05, 4.69) is 15.8 Å². The van der Waals surface area contributed by atoms with E-state index in [0.29, 0.717) is 17.7 Å². The van der Waals surface area contributed by atoms with Crippen LogP contribution in [0.15, 0.2) is 53.6 Å². The lowest BCUT2D eigenvalue weighted by Gasteiger charge is -2.07. The van der Waals surface area contributed by atoms with Crippen molar-refractivity contribution in [1.29, 1.82) is 0 Å². The first-order chi connectivity index (χ1) is 13.3. The fourth-order valence-electron chi connectivity index (χ4n) is 2.29. The van der Waals surface area contributed by atoms with Crippen LogP contribution in [-0.4, -0.2) is 18.0 Å². The molecule has 0 saturated carbocycles. The molecule has 0 aromatic heterocycles. The number of amides is 2. The molecule has 2 amide bonds. The van der Waals surface area contributed by atoms with Crippen LogP contribution in [0.25, 0.3) is 0 Å². The number of carbonyl (C=O) groups excluding carboxylic acids is 2. The molecule has 0 saturated heterocycles. The van der Waals surface area contributed by atoms with Gasteiger partial charge in [-0.1, -0.05) is 25.5 Å². The molecule has 0 unspecified atom stereocenters. The van der Waals surface area contributed by atoms with E-state index in [1.54, 1.807) is 12.1 Å². The number of benzene rings is 2. The third-order valence-corrected chi connectivity index (χ3v) is 3.78. The van der Waals surface area contributed by atoms with Crippen molar-refractivity contribution in [3.63, 3.8) is 0 Å². The van der Waals surface area contributed by atoms with Gasteiger partial charge in [-0.15, -0.1) is 0 Å². The second-order valence-electron chi connectivity index (χ2n) is 6.05. The zero-order valence-corrected chi connectivity index (χ0v) is 15.2. The van der Waals surface area contributed by atoms with Crippen LogP contribution in [-0.2, 0) is 11.0 Å². The summed E-state index contributed by atoms with van der Waals surface area (Å²) in [5.74, 6) is -0.614. The number of nitrogens with zero attached hydrogens (tertiary/aromatic N) is 1. The molecule has 0 radical (unpaired) electrons. The number of nitrogens with one attached hydrogen (secondary N) is 2. The van der Waals surface area contributed by atoms with Crippen molar-refractivity contribution in [3.05, 3.63) is 65.2 Å². The van der Waals surface area contributed by atoms with E-state index >= 15 is 0 Å². The van der Waals surface area contributed by atoms with Crippen LogP contribution in [0.2, 0.25) is 0 Å². The van der Waals surface area contributed by atoms with Crippen molar-refractivity contribution in [3.8, 4) is 0 Å². The molecule has 0 bridgehead atoms. The van der Waals surface area contributed by atoms with Gasteiger partial charge in [-0.25, -0.2) is 5.43 Å². The summed E-state index contributed by atoms with van der Waals surface area (Å²) in [7, 11) is 0. The first-order valence-electron chi connectivity index (χ1n) is 8.70. The van der Waals surface area contributed by atoms with Gasteiger partial charge in [-0.05, 0) is 48.4 Å². The summed E-state index contributed by atoms with van der Waals surface area (Å²) in [6.45, 7) is 2.00. The van der Waals surface area contributed by atoms with Gasteiger partial charge in [0, 0.05) is 17.7 Å². The van der Waals surface area contributed by atoms with Gasteiger partial charge in [0.1, 0.15) is 0 Å². The largest absolute Gasteiger partial charge is 0.416 e. The van der Waals surface area contributed by atoms with Crippen molar-refractivity contribution in [2.45, 2.75) is 32.4 Å². The third-order valence-electron chi connectivity index (χ3n) is 3.78. The van der Waals surface area contributed by atoms with Crippen molar-refractivity contribution in [1.82, 2.24) is 5.43 Å². The fourth-order valence-corrected chi connectivity index (χ4v) is 2.29. The fraction of sp³-hybridized carbons (Fsp3) is 0.250. The first kappa shape index (κ1) is 21.1. The lowest BCUT2D eigenvalue weighted by Crippen LogP contribution is -2.18. The molecule has 8 heteroatoms. The van der Waals surface area contributed by atoms with Gasteiger partial charge in [0.2, 0.25) is 5.91 Å². The molecule has 0 aliphatic rings. The minimum atomic E-state index is -4.44. The zero-order chi connectivity index (χ0) is 20.6. The topological polar surface area (TPSA) is 70.6 Å². The Morgan fingerprint density at radius 2 is 1.82 bits per heavy atom. The predicted octanol–water partition coefficient (Wildman–Crippen LogP) is 4.60. The first-order valence-corrected chi connectivity index (χ1v) is 8.70. The summed E-state index contributed by atoms with van der Waals surface area (Å²) in [4.78, 5) is 23.7. The molecular weight excluding hydrogens is 371 g/mol.